The molecule has 0 unspecified atom stereocenters. The third-order valence-electron chi connectivity index (χ3n) is 2.44. The van der Waals surface area contributed by atoms with Crippen LogP contribution in [0.5, 0.6) is 0 Å². The molecule has 2 aromatic heterocycles. The fourth-order valence-electron chi connectivity index (χ4n) is 1.41. The first kappa shape index (κ1) is 12.0. The summed E-state index contributed by atoms with van der Waals surface area (Å²) in [6.45, 7) is 0.351. The van der Waals surface area contributed by atoms with Gasteiger partial charge in [-0.1, -0.05) is 0 Å². The molecule has 0 radical (unpaired) electrons. The molecule has 0 bridgehead atoms. The van der Waals surface area contributed by atoms with E-state index >= 15 is 0 Å². The van der Waals surface area contributed by atoms with E-state index in [0.717, 1.165) is 0 Å². The predicted molar refractivity (Wildman–Crippen MR) is 65.2 cm³/mol. The van der Waals surface area contributed by atoms with Gasteiger partial charge in [-0.05, 0) is 12.1 Å². The van der Waals surface area contributed by atoms with Crippen molar-refractivity contribution in [1.29, 1.82) is 0 Å². The van der Waals surface area contributed by atoms with E-state index in [1.54, 1.807) is 23.0 Å². The first-order valence-electron chi connectivity index (χ1n) is 5.45. The standard InChI is InChI=1S/C11H14N6O/c1-17-7-15-16-10(17)6-14-11(18)4-9-3-2-8(12)5-13-9/h2-3,5,7H,4,6,12H2,1H3,(H,14,18). The maximum atomic E-state index is 11.7. The summed E-state index contributed by atoms with van der Waals surface area (Å²) < 4.78 is 1.75. The normalized spacial score (nSPS) is 10.3. The molecule has 7 nitrogen and oxygen atoms in total. The first-order valence-corrected chi connectivity index (χ1v) is 5.45. The number of pyridine rings is 1. The monoisotopic (exact) mass is 246 g/mol. The Morgan fingerprint density at radius 2 is 2.33 bits per heavy atom. The van der Waals surface area contributed by atoms with E-state index in [0.29, 0.717) is 23.8 Å². The minimum absolute atomic E-state index is 0.115. The number of nitrogens with one attached hydrogen (secondary N) is 1. The number of nitrogens with zero attached hydrogens (tertiary/aromatic N) is 4. The lowest BCUT2D eigenvalue weighted by Crippen LogP contribution is -2.26. The third kappa shape index (κ3) is 3.03. The van der Waals surface area contributed by atoms with E-state index in [4.69, 9.17) is 5.73 Å². The number of nitrogen functional groups attached to an aromatic ring is 1. The summed E-state index contributed by atoms with van der Waals surface area (Å²) in [7, 11) is 1.82. The number of hydrogen-bond acceptors (Lipinski definition) is 5. The summed E-state index contributed by atoms with van der Waals surface area (Å²) >= 11 is 0. The molecule has 2 aromatic rings. The van der Waals surface area contributed by atoms with E-state index in [2.05, 4.69) is 20.5 Å². The lowest BCUT2D eigenvalue weighted by Gasteiger charge is -2.04. The van der Waals surface area contributed by atoms with Gasteiger partial charge < -0.3 is 15.6 Å². The summed E-state index contributed by atoms with van der Waals surface area (Å²) in [4.78, 5) is 15.7. The van der Waals surface area contributed by atoms with Gasteiger partial charge >= 0.3 is 0 Å². The number of amides is 1. The Kier molecular flexibility index (Phi) is 3.52. The Morgan fingerprint density at radius 3 is 2.94 bits per heavy atom. The number of hydrogen-bond donors (Lipinski definition) is 2. The first-order chi connectivity index (χ1) is 8.65. The van der Waals surface area contributed by atoms with Gasteiger partial charge in [0.2, 0.25) is 5.91 Å². The number of aromatic nitrogens is 4. The Hall–Kier alpha value is -2.44. The predicted octanol–water partition coefficient (Wildman–Crippen LogP) is -0.349. The summed E-state index contributed by atoms with van der Waals surface area (Å²) in [5.74, 6) is 0.587. The number of carbonyl (C=O) groups is 1. The van der Waals surface area contributed by atoms with Gasteiger partial charge in [0.05, 0.1) is 24.8 Å². The van der Waals surface area contributed by atoms with Crippen LogP contribution in [0.25, 0.3) is 0 Å². The zero-order valence-electron chi connectivity index (χ0n) is 10.00. The van der Waals surface area contributed by atoms with E-state index in [1.807, 2.05) is 7.05 Å². The molecule has 0 saturated heterocycles. The maximum absolute atomic E-state index is 11.7. The van der Waals surface area contributed by atoms with Crippen LogP contribution < -0.4 is 11.1 Å². The molecule has 0 aromatic carbocycles. The van der Waals surface area contributed by atoms with Crippen molar-refractivity contribution < 1.29 is 4.79 Å². The van der Waals surface area contributed by atoms with E-state index < -0.39 is 0 Å². The van der Waals surface area contributed by atoms with Gasteiger partial charge in [0.25, 0.3) is 0 Å². The van der Waals surface area contributed by atoms with Gasteiger partial charge in [0.15, 0.2) is 5.82 Å². The molecule has 2 rings (SSSR count). The Morgan fingerprint density at radius 1 is 1.50 bits per heavy atom. The van der Waals surface area contributed by atoms with Crippen molar-refractivity contribution >= 4 is 11.6 Å². The zero-order chi connectivity index (χ0) is 13.0. The van der Waals surface area contributed by atoms with Crippen molar-refractivity contribution in [3.05, 3.63) is 36.2 Å². The van der Waals surface area contributed by atoms with Crippen LogP contribution in [0.15, 0.2) is 24.7 Å². The molecule has 3 N–H and O–H groups in total. The van der Waals surface area contributed by atoms with Crippen LogP contribution in [0.4, 0.5) is 5.69 Å². The molecule has 0 saturated carbocycles. The third-order valence-corrected chi connectivity index (χ3v) is 2.44. The fraction of sp³-hybridized carbons (Fsp3) is 0.273. The Balaban J connectivity index is 1.86. The lowest BCUT2D eigenvalue weighted by atomic mass is 10.2. The molecule has 0 aliphatic heterocycles. The zero-order valence-corrected chi connectivity index (χ0v) is 10.00. The van der Waals surface area contributed by atoms with Crippen LogP contribution in [0.1, 0.15) is 11.5 Å². The summed E-state index contributed by atoms with van der Waals surface area (Å²) in [5, 5.41) is 10.4. The van der Waals surface area contributed by atoms with Crippen LogP contribution in [0.2, 0.25) is 0 Å². The maximum Gasteiger partial charge on any atom is 0.226 e. The quantitative estimate of drug-likeness (QED) is 0.768. The summed E-state index contributed by atoms with van der Waals surface area (Å²) in [6, 6.07) is 3.45. The highest BCUT2D eigenvalue weighted by molar-refractivity contribution is 5.78. The molecule has 18 heavy (non-hydrogen) atoms. The van der Waals surface area contributed by atoms with Gasteiger partial charge in [-0.15, -0.1) is 10.2 Å². The molecule has 0 spiro atoms. The van der Waals surface area contributed by atoms with Gasteiger partial charge in [-0.2, -0.15) is 0 Å². The number of rotatable bonds is 4. The fourth-order valence-corrected chi connectivity index (χ4v) is 1.41. The topological polar surface area (TPSA) is 98.7 Å². The highest BCUT2D eigenvalue weighted by atomic mass is 16.1. The highest BCUT2D eigenvalue weighted by Crippen LogP contribution is 2.01. The lowest BCUT2D eigenvalue weighted by molar-refractivity contribution is -0.120. The molecule has 94 valence electrons. The van der Waals surface area contributed by atoms with E-state index in [-0.39, 0.29) is 12.3 Å². The molecule has 0 aliphatic carbocycles. The van der Waals surface area contributed by atoms with Crippen molar-refractivity contribution in [2.75, 3.05) is 5.73 Å². The summed E-state index contributed by atoms with van der Waals surface area (Å²) in [5.41, 5.74) is 6.78. The Labute approximate surface area is 104 Å². The second-order valence-electron chi connectivity index (χ2n) is 3.89. The number of anilines is 1. The van der Waals surface area contributed by atoms with Gasteiger partial charge in [-0.3, -0.25) is 9.78 Å². The van der Waals surface area contributed by atoms with Gasteiger partial charge in [0.1, 0.15) is 6.33 Å². The van der Waals surface area contributed by atoms with Gasteiger partial charge in [-0.25, -0.2) is 0 Å². The average molecular weight is 246 g/mol. The number of carbonyl (C=O) groups excluding carboxylic acids is 1. The smallest absolute Gasteiger partial charge is 0.226 e. The molecule has 0 fully saturated rings. The van der Waals surface area contributed by atoms with Crippen molar-refractivity contribution in [1.82, 2.24) is 25.1 Å². The van der Waals surface area contributed by atoms with Gasteiger partial charge in [0, 0.05) is 12.7 Å². The Bertz CT molecular complexity index is 533. The minimum Gasteiger partial charge on any atom is -0.397 e. The van der Waals surface area contributed by atoms with Crippen LogP contribution in [-0.2, 0) is 24.8 Å². The van der Waals surface area contributed by atoms with Crippen LogP contribution in [-0.4, -0.2) is 25.7 Å². The minimum atomic E-state index is -0.115. The van der Waals surface area contributed by atoms with Crippen molar-refractivity contribution in [2.45, 2.75) is 13.0 Å². The van der Waals surface area contributed by atoms with E-state index in [9.17, 15) is 4.79 Å². The van der Waals surface area contributed by atoms with Crippen molar-refractivity contribution in [3.8, 4) is 0 Å². The molecule has 7 heteroatoms. The van der Waals surface area contributed by atoms with Crippen LogP contribution >= 0.6 is 0 Å². The van der Waals surface area contributed by atoms with Crippen LogP contribution in [0.3, 0.4) is 0 Å². The number of nitrogens with two attached hydrogens (primary N) is 1. The molecular formula is C11H14N6O. The molecule has 1 amide bonds. The van der Waals surface area contributed by atoms with Crippen molar-refractivity contribution in [3.63, 3.8) is 0 Å². The summed E-state index contributed by atoms with van der Waals surface area (Å²) in [6.07, 6.45) is 3.34. The highest BCUT2D eigenvalue weighted by Gasteiger charge is 2.06. The van der Waals surface area contributed by atoms with Crippen LogP contribution in [0, 0.1) is 0 Å². The molecular weight excluding hydrogens is 232 g/mol. The average Bonchev–Trinajstić information content (AvgIpc) is 2.75. The van der Waals surface area contributed by atoms with Crippen molar-refractivity contribution in [2.24, 2.45) is 7.05 Å². The largest absolute Gasteiger partial charge is 0.397 e. The van der Waals surface area contributed by atoms with E-state index in [1.165, 1.54) is 6.20 Å². The second kappa shape index (κ2) is 5.26. The molecule has 0 atom stereocenters. The second-order valence-corrected chi connectivity index (χ2v) is 3.89. The molecule has 2 heterocycles. The SMILES string of the molecule is Cn1cnnc1CNC(=O)Cc1ccc(N)cn1. The number of aryl methyl sites for hydroxylation is 1. The molecule has 0 aliphatic rings.